The quantitative estimate of drug-likeness (QED) is 0.666. The first-order valence-electron chi connectivity index (χ1n) is 6.78. The van der Waals surface area contributed by atoms with E-state index in [0.29, 0.717) is 6.61 Å². The summed E-state index contributed by atoms with van der Waals surface area (Å²) in [5, 5.41) is 0. The maximum absolute atomic E-state index is 5.59. The molecule has 1 nitrogen and oxygen atoms in total. The van der Waals surface area contributed by atoms with Gasteiger partial charge in [-0.05, 0) is 24.0 Å². The molecule has 0 radical (unpaired) electrons. The molecule has 0 fully saturated rings. The van der Waals surface area contributed by atoms with Gasteiger partial charge in [-0.15, -0.1) is 0 Å². The van der Waals surface area contributed by atoms with Crippen molar-refractivity contribution in [2.75, 3.05) is 13.2 Å². The van der Waals surface area contributed by atoms with Gasteiger partial charge in [0.05, 0.1) is 6.61 Å². The molecule has 0 saturated carbocycles. The van der Waals surface area contributed by atoms with Crippen LogP contribution in [-0.4, -0.2) is 13.2 Å². The first-order chi connectivity index (χ1) is 9.45. The SMILES string of the molecule is C(=Cc1ccccc1)COCCCc1ccccc1. The third kappa shape index (κ3) is 5.54. The van der Waals surface area contributed by atoms with Gasteiger partial charge >= 0.3 is 0 Å². The van der Waals surface area contributed by atoms with E-state index in [1.54, 1.807) is 0 Å². The van der Waals surface area contributed by atoms with E-state index in [-0.39, 0.29) is 0 Å². The Labute approximate surface area is 115 Å². The van der Waals surface area contributed by atoms with Crippen molar-refractivity contribution in [2.45, 2.75) is 12.8 Å². The van der Waals surface area contributed by atoms with Gasteiger partial charge in [0.25, 0.3) is 0 Å². The minimum Gasteiger partial charge on any atom is -0.377 e. The van der Waals surface area contributed by atoms with Gasteiger partial charge in [-0.1, -0.05) is 72.8 Å². The average molecular weight is 252 g/mol. The van der Waals surface area contributed by atoms with Crippen molar-refractivity contribution < 1.29 is 4.74 Å². The first-order valence-corrected chi connectivity index (χ1v) is 6.78. The van der Waals surface area contributed by atoms with E-state index in [0.717, 1.165) is 19.4 Å². The maximum atomic E-state index is 5.59. The predicted molar refractivity (Wildman–Crippen MR) is 81.1 cm³/mol. The zero-order valence-corrected chi connectivity index (χ0v) is 11.2. The molecule has 0 unspecified atom stereocenters. The fraction of sp³-hybridized carbons (Fsp3) is 0.222. The zero-order valence-electron chi connectivity index (χ0n) is 11.2. The van der Waals surface area contributed by atoms with Gasteiger partial charge in [-0.25, -0.2) is 0 Å². The molecule has 0 aromatic heterocycles. The number of hydrogen-bond donors (Lipinski definition) is 0. The monoisotopic (exact) mass is 252 g/mol. The van der Waals surface area contributed by atoms with Crippen LogP contribution in [0.5, 0.6) is 0 Å². The van der Waals surface area contributed by atoms with E-state index < -0.39 is 0 Å². The molecule has 0 saturated heterocycles. The van der Waals surface area contributed by atoms with Crippen molar-refractivity contribution in [3.63, 3.8) is 0 Å². The number of hydrogen-bond acceptors (Lipinski definition) is 1. The Bertz CT molecular complexity index is 474. The van der Waals surface area contributed by atoms with Crippen LogP contribution in [0.3, 0.4) is 0 Å². The Kier molecular flexibility index (Phi) is 5.91. The minimum absolute atomic E-state index is 0.684. The van der Waals surface area contributed by atoms with Crippen LogP contribution in [0.1, 0.15) is 17.5 Å². The van der Waals surface area contributed by atoms with E-state index in [1.807, 2.05) is 24.3 Å². The van der Waals surface area contributed by atoms with Gasteiger partial charge in [-0.3, -0.25) is 0 Å². The van der Waals surface area contributed by atoms with Crippen molar-refractivity contribution in [1.82, 2.24) is 0 Å². The molecule has 0 spiro atoms. The predicted octanol–water partition coefficient (Wildman–Crippen LogP) is 4.35. The molecule has 0 aliphatic heterocycles. The van der Waals surface area contributed by atoms with Gasteiger partial charge in [0.15, 0.2) is 0 Å². The van der Waals surface area contributed by atoms with Crippen molar-refractivity contribution in [3.05, 3.63) is 77.9 Å². The van der Waals surface area contributed by atoms with Crippen molar-refractivity contribution >= 4 is 6.08 Å². The summed E-state index contributed by atoms with van der Waals surface area (Å²) in [5.74, 6) is 0. The van der Waals surface area contributed by atoms with Crippen LogP contribution in [0.25, 0.3) is 6.08 Å². The lowest BCUT2D eigenvalue weighted by atomic mass is 10.1. The minimum atomic E-state index is 0.684. The lowest BCUT2D eigenvalue weighted by Crippen LogP contribution is -1.96. The van der Waals surface area contributed by atoms with Crippen molar-refractivity contribution in [2.24, 2.45) is 0 Å². The molecule has 2 aromatic rings. The Morgan fingerprint density at radius 1 is 0.842 bits per heavy atom. The Morgan fingerprint density at radius 2 is 1.53 bits per heavy atom. The number of rotatable bonds is 7. The van der Waals surface area contributed by atoms with Crippen LogP contribution in [0, 0.1) is 0 Å². The highest BCUT2D eigenvalue weighted by Gasteiger charge is 1.91. The fourth-order valence-corrected chi connectivity index (χ4v) is 1.92. The molecular formula is C18H20O. The summed E-state index contributed by atoms with van der Waals surface area (Å²) in [6.07, 6.45) is 6.32. The summed E-state index contributed by atoms with van der Waals surface area (Å²) in [6.45, 7) is 1.50. The maximum Gasteiger partial charge on any atom is 0.0650 e. The van der Waals surface area contributed by atoms with E-state index in [9.17, 15) is 0 Å². The third-order valence-corrected chi connectivity index (χ3v) is 2.92. The smallest absolute Gasteiger partial charge is 0.0650 e. The molecule has 19 heavy (non-hydrogen) atoms. The Balaban J connectivity index is 1.56. The standard InChI is InChI=1S/C18H20O/c1-3-9-17(10-4-1)13-7-15-19-16-8-14-18-11-5-2-6-12-18/h1-7,9-13H,8,14-16H2. The van der Waals surface area contributed by atoms with E-state index >= 15 is 0 Å². The van der Waals surface area contributed by atoms with Crippen molar-refractivity contribution in [3.8, 4) is 0 Å². The van der Waals surface area contributed by atoms with Gasteiger partial charge in [0.2, 0.25) is 0 Å². The van der Waals surface area contributed by atoms with Gasteiger partial charge in [0, 0.05) is 6.61 Å². The lowest BCUT2D eigenvalue weighted by molar-refractivity contribution is 0.160. The average Bonchev–Trinajstić information content (AvgIpc) is 2.48. The molecule has 0 amide bonds. The van der Waals surface area contributed by atoms with Gasteiger partial charge in [0.1, 0.15) is 0 Å². The molecular weight excluding hydrogens is 232 g/mol. The second-order valence-corrected chi connectivity index (χ2v) is 4.48. The van der Waals surface area contributed by atoms with Crippen LogP contribution in [0.4, 0.5) is 0 Å². The van der Waals surface area contributed by atoms with Crippen LogP contribution in [0.2, 0.25) is 0 Å². The van der Waals surface area contributed by atoms with Crippen molar-refractivity contribution in [1.29, 1.82) is 0 Å². The normalized spacial score (nSPS) is 10.9. The molecule has 0 bridgehead atoms. The summed E-state index contributed by atoms with van der Waals surface area (Å²) in [4.78, 5) is 0. The first kappa shape index (κ1) is 13.6. The van der Waals surface area contributed by atoms with E-state index in [1.165, 1.54) is 11.1 Å². The largest absolute Gasteiger partial charge is 0.377 e. The second kappa shape index (κ2) is 8.28. The fourth-order valence-electron chi connectivity index (χ4n) is 1.92. The second-order valence-electron chi connectivity index (χ2n) is 4.48. The molecule has 0 aliphatic rings. The molecule has 0 heterocycles. The highest BCUT2D eigenvalue weighted by molar-refractivity contribution is 5.48. The molecule has 0 aliphatic carbocycles. The molecule has 0 atom stereocenters. The zero-order chi connectivity index (χ0) is 13.2. The molecule has 2 rings (SSSR count). The summed E-state index contributed by atoms with van der Waals surface area (Å²) >= 11 is 0. The molecule has 0 N–H and O–H groups in total. The summed E-state index contributed by atoms with van der Waals surface area (Å²) in [7, 11) is 0. The number of benzene rings is 2. The number of aryl methyl sites for hydroxylation is 1. The third-order valence-electron chi connectivity index (χ3n) is 2.92. The molecule has 1 heteroatoms. The summed E-state index contributed by atoms with van der Waals surface area (Å²) in [6, 6.07) is 20.8. The topological polar surface area (TPSA) is 9.23 Å². The van der Waals surface area contributed by atoms with Crippen LogP contribution in [0.15, 0.2) is 66.7 Å². The highest BCUT2D eigenvalue weighted by Crippen LogP contribution is 2.03. The lowest BCUT2D eigenvalue weighted by Gasteiger charge is -2.02. The Morgan fingerprint density at radius 3 is 2.26 bits per heavy atom. The van der Waals surface area contributed by atoms with Gasteiger partial charge in [-0.2, -0.15) is 0 Å². The van der Waals surface area contributed by atoms with E-state index in [2.05, 4.69) is 48.6 Å². The summed E-state index contributed by atoms with van der Waals surface area (Å²) in [5.41, 5.74) is 2.60. The molecule has 2 aromatic carbocycles. The molecule has 98 valence electrons. The summed E-state index contributed by atoms with van der Waals surface area (Å²) < 4.78 is 5.59. The van der Waals surface area contributed by atoms with Gasteiger partial charge < -0.3 is 4.74 Å². The van der Waals surface area contributed by atoms with Crippen LogP contribution >= 0.6 is 0 Å². The van der Waals surface area contributed by atoms with Crippen LogP contribution in [-0.2, 0) is 11.2 Å². The van der Waals surface area contributed by atoms with E-state index in [4.69, 9.17) is 4.74 Å². The number of ether oxygens (including phenoxy) is 1. The Hall–Kier alpha value is -1.86. The highest BCUT2D eigenvalue weighted by atomic mass is 16.5. The van der Waals surface area contributed by atoms with Crippen LogP contribution < -0.4 is 0 Å².